The van der Waals surface area contributed by atoms with Gasteiger partial charge in [0.05, 0.1) is 12.1 Å². The molecule has 0 N–H and O–H groups in total. The van der Waals surface area contributed by atoms with Crippen LogP contribution in [0.3, 0.4) is 0 Å². The summed E-state index contributed by atoms with van der Waals surface area (Å²) in [4.78, 5) is 16.9. The highest BCUT2D eigenvalue weighted by Gasteiger charge is 2.68. The fraction of sp³-hybridized carbons (Fsp3) is 0.788. The predicted octanol–water partition coefficient (Wildman–Crippen LogP) is 8.15. The summed E-state index contributed by atoms with van der Waals surface area (Å²) in [6, 6.07) is 9.05. The van der Waals surface area contributed by atoms with Gasteiger partial charge in [-0.25, -0.2) is 0 Å². The number of hydrogen-bond acceptors (Lipinski definition) is 2. The molecule has 0 aromatic heterocycles. The van der Waals surface area contributed by atoms with E-state index in [9.17, 15) is 4.79 Å². The number of likely N-dealkylation sites (N-methyl/N-ethyl adjacent to an activating group) is 1. The topological polar surface area (TPSA) is 29.5 Å². The molecule has 0 heterocycles. The van der Waals surface area contributed by atoms with E-state index in [-0.39, 0.29) is 36.8 Å². The van der Waals surface area contributed by atoms with E-state index in [4.69, 9.17) is 4.74 Å². The lowest BCUT2D eigenvalue weighted by Gasteiger charge is -2.43. The van der Waals surface area contributed by atoms with Gasteiger partial charge in [-0.3, -0.25) is 4.79 Å². The zero-order chi connectivity index (χ0) is 26.2. The van der Waals surface area contributed by atoms with Crippen LogP contribution in [0.2, 0.25) is 0 Å². The van der Waals surface area contributed by atoms with Gasteiger partial charge in [0.25, 0.3) is 5.91 Å². The van der Waals surface area contributed by atoms with E-state index >= 15 is 0 Å². The second-order valence-corrected chi connectivity index (χ2v) is 16.0. The molecule has 4 aliphatic rings. The van der Waals surface area contributed by atoms with E-state index < -0.39 is 0 Å². The molecule has 0 unspecified atom stereocenters. The van der Waals surface area contributed by atoms with Crippen molar-refractivity contribution in [2.45, 2.75) is 135 Å². The van der Waals surface area contributed by atoms with Crippen LogP contribution in [0.1, 0.15) is 122 Å². The number of carbonyl (C=O) groups is 1. The van der Waals surface area contributed by atoms with Crippen molar-refractivity contribution in [3.8, 4) is 0 Å². The Labute approximate surface area is 228 Å². The molecule has 3 nitrogen and oxygen atoms in total. The molecule has 4 saturated carbocycles. The monoisotopic (exact) mass is 525 g/mol. The molecule has 1 aromatic carbocycles. The third-order valence-electron chi connectivity index (χ3n) is 11.4. The molecule has 1 aromatic rings. The lowest BCUT2D eigenvalue weighted by Crippen LogP contribution is -2.53. The van der Waals surface area contributed by atoms with Crippen LogP contribution in [0, 0.1) is 16.7 Å². The van der Waals surface area contributed by atoms with Gasteiger partial charge in [0.2, 0.25) is 0 Å². The van der Waals surface area contributed by atoms with E-state index in [2.05, 4.69) is 63.8 Å². The maximum Gasteiger partial charge on any atom is 0.254 e. The standard InChI is InChI=1S/C33H52NO2P/c1-6-34(29-27-22-23-33(5,32(27,3)4)30(29)36-7-2)31(35)26-20-14-15-21-28(26)37(24-16-10-8-11-17-24)25-18-12-9-13-19-25/h14-15,20-21,24-25,27,29-30H,6-13,16-19,22-23H2,1-5H3/t27-,29-,30-,33+/m1/s1. The smallest absolute Gasteiger partial charge is 0.254 e. The van der Waals surface area contributed by atoms with Crippen molar-refractivity contribution in [3.05, 3.63) is 29.8 Å². The summed E-state index contributed by atoms with van der Waals surface area (Å²) in [5.41, 5.74) is 2.93. The van der Waals surface area contributed by atoms with Crippen LogP contribution in [0.4, 0.5) is 0 Å². The van der Waals surface area contributed by atoms with E-state index in [1.54, 1.807) is 0 Å². The van der Waals surface area contributed by atoms with Crippen LogP contribution in [0.5, 0.6) is 0 Å². The maximum absolute atomic E-state index is 14.7. The number of fused-ring (bicyclic) bond motifs is 2. The summed E-state index contributed by atoms with van der Waals surface area (Å²) in [5, 5.41) is 1.43. The Morgan fingerprint density at radius 2 is 1.51 bits per heavy atom. The molecule has 1 amide bonds. The van der Waals surface area contributed by atoms with Crippen LogP contribution in [-0.2, 0) is 4.74 Å². The van der Waals surface area contributed by atoms with Gasteiger partial charge in [0.15, 0.2) is 0 Å². The molecule has 0 saturated heterocycles. The summed E-state index contributed by atoms with van der Waals surface area (Å²) in [6.45, 7) is 13.1. The number of benzene rings is 1. The van der Waals surface area contributed by atoms with Crippen molar-refractivity contribution in [2.75, 3.05) is 13.2 Å². The normalized spacial score (nSPS) is 32.2. The van der Waals surface area contributed by atoms with Crippen LogP contribution in [0.25, 0.3) is 0 Å². The van der Waals surface area contributed by atoms with Gasteiger partial charge in [-0.05, 0) is 86.4 Å². The Morgan fingerprint density at radius 3 is 2.08 bits per heavy atom. The van der Waals surface area contributed by atoms with Gasteiger partial charge in [0.1, 0.15) is 0 Å². The first-order chi connectivity index (χ1) is 17.8. The fourth-order valence-corrected chi connectivity index (χ4v) is 13.0. The zero-order valence-electron chi connectivity index (χ0n) is 24.3. The first kappa shape index (κ1) is 27.6. The Morgan fingerprint density at radius 1 is 0.919 bits per heavy atom. The molecule has 0 spiro atoms. The van der Waals surface area contributed by atoms with Gasteiger partial charge in [-0.1, -0.05) is 85.4 Å². The second kappa shape index (κ2) is 11.3. The van der Waals surface area contributed by atoms with Crippen LogP contribution in [-0.4, -0.2) is 47.4 Å². The number of nitrogens with zero attached hydrogens (tertiary/aromatic N) is 1. The maximum atomic E-state index is 14.7. The van der Waals surface area contributed by atoms with Gasteiger partial charge in [-0.2, -0.15) is 0 Å². The molecule has 0 radical (unpaired) electrons. The largest absolute Gasteiger partial charge is 0.376 e. The first-order valence-corrected chi connectivity index (χ1v) is 17.1. The molecule has 5 rings (SSSR count). The fourth-order valence-electron chi connectivity index (χ4n) is 9.03. The highest BCUT2D eigenvalue weighted by molar-refractivity contribution is 7.67. The van der Waals surface area contributed by atoms with E-state index in [0.29, 0.717) is 5.92 Å². The quantitative estimate of drug-likeness (QED) is 0.321. The zero-order valence-corrected chi connectivity index (χ0v) is 25.2. The molecule has 2 bridgehead atoms. The Kier molecular flexibility index (Phi) is 8.43. The van der Waals surface area contributed by atoms with Crippen LogP contribution in [0.15, 0.2) is 24.3 Å². The molecule has 206 valence electrons. The van der Waals surface area contributed by atoms with E-state index in [1.807, 2.05) is 0 Å². The number of carbonyl (C=O) groups excluding carboxylic acids is 1. The highest BCUT2D eigenvalue weighted by atomic mass is 31.1. The van der Waals surface area contributed by atoms with Gasteiger partial charge >= 0.3 is 0 Å². The summed E-state index contributed by atoms with van der Waals surface area (Å²) in [5.74, 6) is 0.780. The van der Waals surface area contributed by atoms with Gasteiger partial charge < -0.3 is 9.64 Å². The Hall–Kier alpha value is -0.920. The molecular weight excluding hydrogens is 473 g/mol. The number of ether oxygens (including phenoxy) is 1. The molecule has 0 aliphatic heterocycles. The van der Waals surface area contributed by atoms with Crippen LogP contribution >= 0.6 is 7.92 Å². The van der Waals surface area contributed by atoms with Crippen molar-refractivity contribution in [3.63, 3.8) is 0 Å². The van der Waals surface area contributed by atoms with E-state index in [0.717, 1.165) is 30.0 Å². The summed E-state index contributed by atoms with van der Waals surface area (Å²) in [6.07, 6.45) is 16.3. The summed E-state index contributed by atoms with van der Waals surface area (Å²) in [7, 11) is -0.319. The SMILES string of the molecule is CCO[C@@H]1[C@H](N(CC)C(=O)c2ccccc2P(C2CCCCC2)C2CCCCC2)[C@H]2CC[C@]1(C)C2(C)C. The molecule has 4 aliphatic carbocycles. The third kappa shape index (κ3) is 4.73. The lowest BCUT2D eigenvalue weighted by molar-refractivity contribution is -0.0707. The van der Waals surface area contributed by atoms with Crippen molar-refractivity contribution < 1.29 is 9.53 Å². The Balaban J connectivity index is 1.51. The first-order valence-electron chi connectivity index (χ1n) is 15.6. The van der Waals surface area contributed by atoms with E-state index in [1.165, 1.54) is 82.4 Å². The van der Waals surface area contributed by atoms with Crippen molar-refractivity contribution in [1.29, 1.82) is 0 Å². The van der Waals surface area contributed by atoms with Crippen molar-refractivity contribution in [2.24, 2.45) is 16.7 Å². The van der Waals surface area contributed by atoms with Crippen molar-refractivity contribution in [1.82, 2.24) is 4.90 Å². The van der Waals surface area contributed by atoms with Crippen molar-refractivity contribution >= 4 is 19.1 Å². The number of rotatable bonds is 8. The Bertz CT molecular complexity index is 916. The minimum atomic E-state index is -0.319. The number of amides is 1. The molecule has 4 heteroatoms. The second-order valence-electron chi connectivity index (χ2n) is 13.3. The lowest BCUT2D eigenvalue weighted by atomic mass is 9.70. The molecule has 4 atom stereocenters. The average molecular weight is 526 g/mol. The number of hydrogen-bond donors (Lipinski definition) is 0. The van der Waals surface area contributed by atoms with Gasteiger partial charge in [0, 0.05) is 24.1 Å². The third-order valence-corrected chi connectivity index (χ3v) is 14.9. The van der Waals surface area contributed by atoms with Gasteiger partial charge in [-0.15, -0.1) is 0 Å². The minimum absolute atomic E-state index is 0.125. The summed E-state index contributed by atoms with van der Waals surface area (Å²) >= 11 is 0. The summed E-state index contributed by atoms with van der Waals surface area (Å²) < 4.78 is 6.54. The molecular formula is C33H52NO2P. The molecule has 4 fully saturated rings. The molecule has 37 heavy (non-hydrogen) atoms. The highest BCUT2D eigenvalue weighted by Crippen LogP contribution is 2.67. The average Bonchev–Trinajstić information content (AvgIpc) is 3.24. The minimum Gasteiger partial charge on any atom is -0.376 e. The predicted molar refractivity (Wildman–Crippen MR) is 157 cm³/mol. The van der Waals surface area contributed by atoms with Crippen LogP contribution < -0.4 is 5.30 Å².